The van der Waals surface area contributed by atoms with Crippen molar-refractivity contribution < 1.29 is 14.3 Å². The molecule has 1 aliphatic heterocycles. The zero-order valence-electron chi connectivity index (χ0n) is 8.21. The van der Waals surface area contributed by atoms with Crippen molar-refractivity contribution in [2.24, 2.45) is 0 Å². The van der Waals surface area contributed by atoms with E-state index in [9.17, 15) is 4.79 Å². The van der Waals surface area contributed by atoms with Gasteiger partial charge in [0.2, 0.25) is 0 Å². The summed E-state index contributed by atoms with van der Waals surface area (Å²) in [6.07, 6.45) is 1.58. The van der Waals surface area contributed by atoms with Crippen LogP contribution in [0.1, 0.15) is 26.7 Å². The molecule has 0 radical (unpaired) electrons. The summed E-state index contributed by atoms with van der Waals surface area (Å²) in [6, 6.07) is 0.125. The Morgan fingerprint density at radius 2 is 2.38 bits per heavy atom. The Balaban J connectivity index is 2.18. The van der Waals surface area contributed by atoms with E-state index < -0.39 is 0 Å². The topological polar surface area (TPSA) is 47.6 Å². The maximum absolute atomic E-state index is 11.1. The second-order valence-corrected chi connectivity index (χ2v) is 3.51. The summed E-state index contributed by atoms with van der Waals surface area (Å²) in [4.78, 5) is 11.1. The van der Waals surface area contributed by atoms with Gasteiger partial charge in [0.05, 0.1) is 18.8 Å². The highest BCUT2D eigenvalue weighted by Crippen LogP contribution is 2.05. The first-order valence-electron chi connectivity index (χ1n) is 4.73. The molecule has 4 heteroatoms. The summed E-state index contributed by atoms with van der Waals surface area (Å²) in [5.41, 5.74) is 0. The molecule has 1 heterocycles. The van der Waals surface area contributed by atoms with Crippen molar-refractivity contribution in [3.8, 4) is 0 Å². The first-order valence-corrected chi connectivity index (χ1v) is 4.73. The third-order valence-electron chi connectivity index (χ3n) is 1.83. The van der Waals surface area contributed by atoms with Gasteiger partial charge in [-0.05, 0) is 26.7 Å². The predicted molar refractivity (Wildman–Crippen MR) is 48.6 cm³/mol. The number of hydrogen-bond donors (Lipinski definition) is 1. The van der Waals surface area contributed by atoms with Crippen LogP contribution >= 0.6 is 0 Å². The minimum Gasteiger partial charge on any atom is -0.447 e. The first kappa shape index (κ1) is 10.3. The van der Waals surface area contributed by atoms with Gasteiger partial charge in [0.25, 0.3) is 0 Å². The van der Waals surface area contributed by atoms with Gasteiger partial charge in [-0.25, -0.2) is 4.79 Å². The van der Waals surface area contributed by atoms with Crippen molar-refractivity contribution in [1.29, 1.82) is 0 Å². The summed E-state index contributed by atoms with van der Waals surface area (Å²) < 4.78 is 10.2. The highest BCUT2D eigenvalue weighted by atomic mass is 16.6. The van der Waals surface area contributed by atoms with Gasteiger partial charge in [0.1, 0.15) is 0 Å². The van der Waals surface area contributed by atoms with Crippen molar-refractivity contribution in [1.82, 2.24) is 5.32 Å². The largest absolute Gasteiger partial charge is 0.447 e. The molecule has 1 rings (SSSR count). The molecular weight excluding hydrogens is 170 g/mol. The Morgan fingerprint density at radius 1 is 1.62 bits per heavy atom. The molecular formula is C9H17NO3. The minimum atomic E-state index is -0.342. The van der Waals surface area contributed by atoms with Crippen molar-refractivity contribution in [2.45, 2.75) is 38.8 Å². The molecule has 0 aromatic carbocycles. The second kappa shape index (κ2) is 5.07. The average molecular weight is 187 g/mol. The molecule has 76 valence electrons. The molecule has 1 saturated heterocycles. The van der Waals surface area contributed by atoms with Gasteiger partial charge < -0.3 is 14.8 Å². The molecule has 0 aromatic heterocycles. The van der Waals surface area contributed by atoms with E-state index in [1.807, 2.05) is 13.8 Å². The monoisotopic (exact) mass is 187 g/mol. The summed E-state index contributed by atoms with van der Waals surface area (Å²) >= 11 is 0. The van der Waals surface area contributed by atoms with E-state index in [2.05, 4.69) is 5.32 Å². The highest BCUT2D eigenvalue weighted by molar-refractivity contribution is 5.67. The number of alkyl carbamates (subject to hydrolysis) is 1. The molecule has 0 aliphatic carbocycles. The fraction of sp³-hybridized carbons (Fsp3) is 0.889. The quantitative estimate of drug-likeness (QED) is 0.708. The number of amides is 1. The van der Waals surface area contributed by atoms with E-state index in [4.69, 9.17) is 9.47 Å². The number of rotatable bonds is 2. The molecule has 0 aromatic rings. The standard InChI is InChI=1S/C9H17NO3/c1-7(2)13-9(11)10-8-4-3-5-12-6-8/h7-8H,3-6H2,1-2H3,(H,10,11)/t8-/m0/s1. The Hall–Kier alpha value is -0.770. The lowest BCUT2D eigenvalue weighted by molar-refractivity contribution is 0.0602. The van der Waals surface area contributed by atoms with Gasteiger partial charge in [0.15, 0.2) is 0 Å². The van der Waals surface area contributed by atoms with Gasteiger partial charge in [-0.15, -0.1) is 0 Å². The van der Waals surface area contributed by atoms with E-state index in [0.29, 0.717) is 6.61 Å². The molecule has 1 amide bonds. The SMILES string of the molecule is CC(C)OC(=O)N[C@H]1CCCOC1. The van der Waals surface area contributed by atoms with Crippen LogP contribution in [0.25, 0.3) is 0 Å². The maximum Gasteiger partial charge on any atom is 0.407 e. The van der Waals surface area contributed by atoms with Crippen LogP contribution in [-0.2, 0) is 9.47 Å². The summed E-state index contributed by atoms with van der Waals surface area (Å²) in [7, 11) is 0. The Labute approximate surface area is 78.6 Å². The molecule has 1 aliphatic rings. The average Bonchev–Trinajstić information content (AvgIpc) is 2.04. The van der Waals surface area contributed by atoms with Gasteiger partial charge >= 0.3 is 6.09 Å². The van der Waals surface area contributed by atoms with Crippen LogP contribution in [0.15, 0.2) is 0 Å². The van der Waals surface area contributed by atoms with Crippen LogP contribution in [0, 0.1) is 0 Å². The van der Waals surface area contributed by atoms with E-state index >= 15 is 0 Å². The number of nitrogens with one attached hydrogen (secondary N) is 1. The van der Waals surface area contributed by atoms with E-state index in [1.54, 1.807) is 0 Å². The predicted octanol–water partition coefficient (Wildman–Crippen LogP) is 1.30. The summed E-state index contributed by atoms with van der Waals surface area (Å²) in [5.74, 6) is 0. The summed E-state index contributed by atoms with van der Waals surface area (Å²) in [5, 5.41) is 2.76. The van der Waals surface area contributed by atoms with Crippen LogP contribution in [0.3, 0.4) is 0 Å². The lowest BCUT2D eigenvalue weighted by Crippen LogP contribution is -2.41. The maximum atomic E-state index is 11.1. The fourth-order valence-corrected chi connectivity index (χ4v) is 1.27. The van der Waals surface area contributed by atoms with E-state index in [0.717, 1.165) is 19.4 Å². The van der Waals surface area contributed by atoms with Crippen molar-refractivity contribution >= 4 is 6.09 Å². The molecule has 1 N–H and O–H groups in total. The van der Waals surface area contributed by atoms with Crippen LogP contribution in [0.2, 0.25) is 0 Å². The molecule has 0 unspecified atom stereocenters. The highest BCUT2D eigenvalue weighted by Gasteiger charge is 2.16. The number of carbonyl (C=O) groups is 1. The lowest BCUT2D eigenvalue weighted by Gasteiger charge is -2.23. The van der Waals surface area contributed by atoms with Crippen LogP contribution in [0.4, 0.5) is 4.79 Å². The third kappa shape index (κ3) is 4.12. The first-order chi connectivity index (χ1) is 6.18. The molecule has 1 fully saturated rings. The molecule has 1 atom stereocenters. The fourth-order valence-electron chi connectivity index (χ4n) is 1.27. The minimum absolute atomic E-state index is 0.0653. The molecule has 0 bridgehead atoms. The van der Waals surface area contributed by atoms with E-state index in [1.165, 1.54) is 0 Å². The van der Waals surface area contributed by atoms with Gasteiger partial charge in [-0.3, -0.25) is 0 Å². The second-order valence-electron chi connectivity index (χ2n) is 3.51. The Morgan fingerprint density at radius 3 is 2.92 bits per heavy atom. The molecule has 4 nitrogen and oxygen atoms in total. The van der Waals surface area contributed by atoms with Crippen LogP contribution in [0.5, 0.6) is 0 Å². The Kier molecular flexibility index (Phi) is 4.02. The smallest absolute Gasteiger partial charge is 0.407 e. The third-order valence-corrected chi connectivity index (χ3v) is 1.83. The van der Waals surface area contributed by atoms with Crippen LogP contribution < -0.4 is 5.32 Å². The van der Waals surface area contributed by atoms with Crippen molar-refractivity contribution in [2.75, 3.05) is 13.2 Å². The van der Waals surface area contributed by atoms with Crippen LogP contribution in [-0.4, -0.2) is 31.5 Å². The molecule has 0 saturated carbocycles. The number of hydrogen-bond acceptors (Lipinski definition) is 3. The zero-order chi connectivity index (χ0) is 9.68. The summed E-state index contributed by atoms with van der Waals surface area (Å²) in [6.45, 7) is 5.07. The van der Waals surface area contributed by atoms with Crippen molar-refractivity contribution in [3.63, 3.8) is 0 Å². The normalized spacial score (nSPS) is 22.8. The van der Waals surface area contributed by atoms with Gasteiger partial charge in [0, 0.05) is 6.61 Å². The Bertz CT molecular complexity index is 164. The van der Waals surface area contributed by atoms with Crippen molar-refractivity contribution in [3.05, 3.63) is 0 Å². The van der Waals surface area contributed by atoms with Gasteiger partial charge in [-0.2, -0.15) is 0 Å². The number of ether oxygens (including phenoxy) is 2. The molecule has 13 heavy (non-hydrogen) atoms. The lowest BCUT2D eigenvalue weighted by atomic mass is 10.1. The zero-order valence-corrected chi connectivity index (χ0v) is 8.21. The number of carbonyl (C=O) groups excluding carboxylic acids is 1. The van der Waals surface area contributed by atoms with E-state index in [-0.39, 0.29) is 18.2 Å². The van der Waals surface area contributed by atoms with Gasteiger partial charge in [-0.1, -0.05) is 0 Å². The molecule has 0 spiro atoms.